The summed E-state index contributed by atoms with van der Waals surface area (Å²) in [7, 11) is 0. The highest BCUT2D eigenvalue weighted by atomic mass is 16.3. The molecule has 5 nitrogen and oxygen atoms in total. The smallest absolute Gasteiger partial charge is 0.153 e. The molecule has 3 heterocycles. The molecule has 18 heavy (non-hydrogen) atoms. The number of aldehydes is 1. The Morgan fingerprint density at radius 2 is 2.11 bits per heavy atom. The van der Waals surface area contributed by atoms with E-state index in [2.05, 4.69) is 10.00 Å². The first-order chi connectivity index (χ1) is 8.78. The molecule has 1 fully saturated rings. The average Bonchev–Trinajstić information content (AvgIpc) is 2.81. The van der Waals surface area contributed by atoms with E-state index in [-0.39, 0.29) is 6.10 Å². The van der Waals surface area contributed by atoms with Crippen molar-refractivity contribution in [3.63, 3.8) is 0 Å². The fourth-order valence-electron chi connectivity index (χ4n) is 2.40. The Morgan fingerprint density at radius 3 is 2.83 bits per heavy atom. The van der Waals surface area contributed by atoms with Crippen molar-refractivity contribution in [3.05, 3.63) is 30.1 Å². The average molecular weight is 245 g/mol. The summed E-state index contributed by atoms with van der Waals surface area (Å²) < 4.78 is 1.73. The fraction of sp³-hybridized carbons (Fsp3) is 0.385. The molecular weight excluding hydrogens is 230 g/mol. The predicted octanol–water partition coefficient (Wildman–Crippen LogP) is 1.11. The number of carbonyl (C=O) groups excluding carboxylic acids is 1. The summed E-state index contributed by atoms with van der Waals surface area (Å²) in [5, 5.41) is 13.7. The van der Waals surface area contributed by atoms with Crippen LogP contribution in [-0.2, 0) is 0 Å². The van der Waals surface area contributed by atoms with Crippen molar-refractivity contribution in [3.8, 4) is 0 Å². The maximum atomic E-state index is 10.8. The Labute approximate surface area is 105 Å². The molecule has 0 unspecified atom stereocenters. The van der Waals surface area contributed by atoms with E-state index in [1.54, 1.807) is 10.7 Å². The van der Waals surface area contributed by atoms with E-state index >= 15 is 0 Å². The van der Waals surface area contributed by atoms with Crippen LogP contribution in [0.2, 0.25) is 0 Å². The highest BCUT2D eigenvalue weighted by Crippen LogP contribution is 2.21. The number of piperidine rings is 1. The molecule has 2 aromatic rings. The Morgan fingerprint density at radius 1 is 1.33 bits per heavy atom. The van der Waals surface area contributed by atoms with Gasteiger partial charge in [-0.2, -0.15) is 5.10 Å². The van der Waals surface area contributed by atoms with Gasteiger partial charge in [-0.1, -0.05) is 0 Å². The summed E-state index contributed by atoms with van der Waals surface area (Å²) in [6.07, 6.45) is 5.76. The molecule has 2 aromatic heterocycles. The number of carbonyl (C=O) groups is 1. The van der Waals surface area contributed by atoms with Crippen molar-refractivity contribution in [1.82, 2.24) is 9.61 Å². The van der Waals surface area contributed by atoms with E-state index in [4.69, 9.17) is 0 Å². The van der Waals surface area contributed by atoms with Gasteiger partial charge in [-0.3, -0.25) is 4.79 Å². The van der Waals surface area contributed by atoms with Gasteiger partial charge in [-0.15, -0.1) is 0 Å². The van der Waals surface area contributed by atoms with Crippen LogP contribution in [0.3, 0.4) is 0 Å². The second kappa shape index (κ2) is 4.42. The fourth-order valence-corrected chi connectivity index (χ4v) is 2.40. The first kappa shape index (κ1) is 11.2. The van der Waals surface area contributed by atoms with Gasteiger partial charge < -0.3 is 10.0 Å². The molecule has 0 atom stereocenters. The molecule has 94 valence electrons. The quantitative estimate of drug-likeness (QED) is 0.805. The number of anilines is 1. The molecule has 0 saturated carbocycles. The Kier molecular flexibility index (Phi) is 2.76. The number of hydrogen-bond acceptors (Lipinski definition) is 4. The first-order valence-electron chi connectivity index (χ1n) is 6.13. The van der Waals surface area contributed by atoms with Crippen LogP contribution in [0.5, 0.6) is 0 Å². The van der Waals surface area contributed by atoms with Crippen molar-refractivity contribution in [2.75, 3.05) is 18.0 Å². The highest BCUT2D eigenvalue weighted by Gasteiger charge is 2.17. The minimum atomic E-state index is -0.170. The SMILES string of the molecule is O=Cc1cnn2cc(N3CCC(O)CC3)ccc12. The maximum Gasteiger partial charge on any atom is 0.153 e. The molecule has 0 spiro atoms. The molecule has 0 aliphatic carbocycles. The largest absolute Gasteiger partial charge is 0.393 e. The van der Waals surface area contributed by atoms with Crippen molar-refractivity contribution in [2.24, 2.45) is 0 Å². The standard InChI is InChI=1S/C13H15N3O2/c17-9-10-7-14-16-8-11(1-2-13(10)16)15-5-3-12(18)4-6-15/h1-2,7-9,12,18H,3-6H2. The summed E-state index contributed by atoms with van der Waals surface area (Å²) in [5.41, 5.74) is 2.51. The third kappa shape index (κ3) is 1.86. The number of aliphatic hydroxyl groups excluding tert-OH is 1. The van der Waals surface area contributed by atoms with Gasteiger partial charge in [-0.05, 0) is 25.0 Å². The number of nitrogens with zero attached hydrogens (tertiary/aromatic N) is 3. The molecular formula is C13H15N3O2. The van der Waals surface area contributed by atoms with Crippen LogP contribution >= 0.6 is 0 Å². The number of aliphatic hydroxyl groups is 1. The number of aromatic nitrogens is 2. The molecule has 5 heteroatoms. The number of rotatable bonds is 2. The molecule has 1 saturated heterocycles. The van der Waals surface area contributed by atoms with Gasteiger partial charge in [0.15, 0.2) is 6.29 Å². The zero-order valence-electron chi connectivity index (χ0n) is 9.99. The lowest BCUT2D eigenvalue weighted by Crippen LogP contribution is -2.35. The molecule has 1 N–H and O–H groups in total. The topological polar surface area (TPSA) is 57.8 Å². The Bertz CT molecular complexity index is 571. The maximum absolute atomic E-state index is 10.8. The third-order valence-corrected chi connectivity index (χ3v) is 3.49. The van der Waals surface area contributed by atoms with E-state index in [0.717, 1.165) is 43.4 Å². The molecule has 0 bridgehead atoms. The van der Waals surface area contributed by atoms with Crippen LogP contribution in [0.25, 0.3) is 5.52 Å². The summed E-state index contributed by atoms with van der Waals surface area (Å²) in [6.45, 7) is 1.71. The second-order valence-electron chi connectivity index (χ2n) is 4.65. The van der Waals surface area contributed by atoms with Gasteiger partial charge in [-0.25, -0.2) is 4.52 Å². The van der Waals surface area contributed by atoms with Gasteiger partial charge >= 0.3 is 0 Å². The first-order valence-corrected chi connectivity index (χ1v) is 6.13. The molecule has 1 aliphatic heterocycles. The minimum absolute atomic E-state index is 0.170. The van der Waals surface area contributed by atoms with Gasteiger partial charge in [0.25, 0.3) is 0 Å². The lowest BCUT2D eigenvalue weighted by molar-refractivity contribution is 0.112. The molecule has 0 radical (unpaired) electrons. The van der Waals surface area contributed by atoms with Crippen molar-refractivity contribution in [2.45, 2.75) is 18.9 Å². The second-order valence-corrected chi connectivity index (χ2v) is 4.65. The van der Waals surface area contributed by atoms with Crippen LogP contribution in [0, 0.1) is 0 Å². The van der Waals surface area contributed by atoms with Crippen molar-refractivity contribution < 1.29 is 9.90 Å². The van der Waals surface area contributed by atoms with E-state index in [9.17, 15) is 9.90 Å². The molecule has 1 aliphatic rings. The molecule has 3 rings (SSSR count). The number of pyridine rings is 1. The monoisotopic (exact) mass is 245 g/mol. The van der Waals surface area contributed by atoms with Crippen LogP contribution in [-0.4, -0.2) is 40.2 Å². The zero-order chi connectivity index (χ0) is 12.5. The van der Waals surface area contributed by atoms with E-state index in [1.165, 1.54) is 0 Å². The van der Waals surface area contributed by atoms with Crippen molar-refractivity contribution in [1.29, 1.82) is 0 Å². The summed E-state index contributed by atoms with van der Waals surface area (Å²) in [4.78, 5) is 13.0. The molecule has 0 aromatic carbocycles. The van der Waals surface area contributed by atoms with Crippen molar-refractivity contribution >= 4 is 17.5 Å². The van der Waals surface area contributed by atoms with Crippen LogP contribution in [0.4, 0.5) is 5.69 Å². The minimum Gasteiger partial charge on any atom is -0.393 e. The summed E-state index contributed by atoms with van der Waals surface area (Å²) in [6, 6.07) is 3.92. The van der Waals surface area contributed by atoms with E-state index in [0.29, 0.717) is 5.56 Å². The summed E-state index contributed by atoms with van der Waals surface area (Å²) >= 11 is 0. The normalized spacial score (nSPS) is 17.3. The van der Waals surface area contributed by atoms with Crippen LogP contribution < -0.4 is 4.90 Å². The number of fused-ring (bicyclic) bond motifs is 1. The zero-order valence-corrected chi connectivity index (χ0v) is 9.99. The summed E-state index contributed by atoms with van der Waals surface area (Å²) in [5.74, 6) is 0. The van der Waals surface area contributed by atoms with Gasteiger partial charge in [0.1, 0.15) is 0 Å². The van der Waals surface area contributed by atoms with Gasteiger partial charge in [0.05, 0.1) is 35.3 Å². The van der Waals surface area contributed by atoms with E-state index < -0.39 is 0 Å². The Hall–Kier alpha value is -1.88. The highest BCUT2D eigenvalue weighted by molar-refractivity contribution is 5.85. The predicted molar refractivity (Wildman–Crippen MR) is 68.0 cm³/mol. The van der Waals surface area contributed by atoms with Crippen LogP contribution in [0.1, 0.15) is 23.2 Å². The van der Waals surface area contributed by atoms with Gasteiger partial charge in [0, 0.05) is 13.1 Å². The Balaban J connectivity index is 1.91. The number of hydrogen-bond donors (Lipinski definition) is 1. The van der Waals surface area contributed by atoms with Crippen LogP contribution in [0.15, 0.2) is 24.5 Å². The lowest BCUT2D eigenvalue weighted by atomic mass is 10.1. The molecule has 0 amide bonds. The van der Waals surface area contributed by atoms with E-state index in [1.807, 2.05) is 18.3 Å². The third-order valence-electron chi connectivity index (χ3n) is 3.49. The lowest BCUT2D eigenvalue weighted by Gasteiger charge is -2.31. The van der Waals surface area contributed by atoms with Gasteiger partial charge in [0.2, 0.25) is 0 Å².